The van der Waals surface area contributed by atoms with Crippen molar-refractivity contribution in [2.24, 2.45) is 0 Å². The molecule has 2 aromatic carbocycles. The van der Waals surface area contributed by atoms with Crippen molar-refractivity contribution >= 4 is 34.9 Å². The summed E-state index contributed by atoms with van der Waals surface area (Å²) in [6, 6.07) is 11.1. The van der Waals surface area contributed by atoms with Crippen LogP contribution in [0.5, 0.6) is 0 Å². The Morgan fingerprint density at radius 1 is 0.905 bits per heavy atom. The van der Waals surface area contributed by atoms with Gasteiger partial charge in [-0.05, 0) is 30.7 Å². The van der Waals surface area contributed by atoms with Gasteiger partial charge in [-0.3, -0.25) is 14.4 Å². The number of aryl methyl sites for hydroxylation is 1. The van der Waals surface area contributed by atoms with Gasteiger partial charge in [0.2, 0.25) is 0 Å². The molecule has 0 saturated heterocycles. The summed E-state index contributed by atoms with van der Waals surface area (Å²) in [7, 11) is 0. The number of hydrogen-bond donors (Lipinski definition) is 0. The minimum Gasteiger partial charge on any atom is -0.283 e. The zero-order valence-electron chi connectivity index (χ0n) is 11.1. The lowest BCUT2D eigenvalue weighted by atomic mass is 9.97. The smallest absolute Gasteiger partial charge is 0.283 e. The van der Waals surface area contributed by atoms with Gasteiger partial charge in [0.1, 0.15) is 0 Å². The predicted octanol–water partition coefficient (Wildman–Crippen LogP) is 3.02. The summed E-state index contributed by atoms with van der Waals surface area (Å²) in [5.41, 5.74) is 1.48. The molecular weight excluding hydrogens is 290 g/mol. The summed E-state index contributed by atoms with van der Waals surface area (Å²) in [5.74, 6) is -2.07. The number of benzene rings is 2. The van der Waals surface area contributed by atoms with Gasteiger partial charge < -0.3 is 0 Å². The topological polar surface area (TPSA) is 54.5 Å². The van der Waals surface area contributed by atoms with Crippen LogP contribution in [0.3, 0.4) is 0 Å². The number of imide groups is 1. The number of rotatable bonds is 1. The van der Waals surface area contributed by atoms with Gasteiger partial charge in [0.25, 0.3) is 11.7 Å². The maximum absolute atomic E-state index is 12.5. The van der Waals surface area contributed by atoms with E-state index in [1.54, 1.807) is 24.3 Å². The average Bonchev–Trinajstić information content (AvgIpc) is 2.49. The van der Waals surface area contributed by atoms with Gasteiger partial charge in [0.05, 0.1) is 11.3 Å². The highest BCUT2D eigenvalue weighted by molar-refractivity contribution is 6.56. The summed E-state index contributed by atoms with van der Waals surface area (Å²) < 4.78 is 0. The highest BCUT2D eigenvalue weighted by Gasteiger charge is 2.38. The zero-order chi connectivity index (χ0) is 15.1. The summed E-state index contributed by atoms with van der Waals surface area (Å²) in [6.45, 7) is 1.81. The molecule has 3 rings (SSSR count). The summed E-state index contributed by atoms with van der Waals surface area (Å²) in [6.07, 6.45) is 0. The molecule has 0 radical (unpaired) electrons. The van der Waals surface area contributed by atoms with Crippen molar-refractivity contribution in [3.63, 3.8) is 0 Å². The molecule has 21 heavy (non-hydrogen) atoms. The van der Waals surface area contributed by atoms with Crippen LogP contribution < -0.4 is 4.90 Å². The summed E-state index contributed by atoms with van der Waals surface area (Å²) in [5, 5.41) is 0.430. The lowest BCUT2D eigenvalue weighted by Gasteiger charge is -2.25. The third-order valence-corrected chi connectivity index (χ3v) is 3.82. The van der Waals surface area contributed by atoms with Gasteiger partial charge in [-0.1, -0.05) is 35.9 Å². The van der Waals surface area contributed by atoms with Crippen molar-refractivity contribution < 1.29 is 14.4 Å². The van der Waals surface area contributed by atoms with Crippen LogP contribution in [0.15, 0.2) is 42.5 Å². The quantitative estimate of drug-likeness (QED) is 0.601. The third kappa shape index (κ3) is 2.04. The molecule has 1 aliphatic heterocycles. The van der Waals surface area contributed by atoms with Crippen LogP contribution in [0, 0.1) is 6.92 Å². The molecule has 0 fully saturated rings. The molecule has 0 spiro atoms. The van der Waals surface area contributed by atoms with Gasteiger partial charge >= 0.3 is 5.91 Å². The number of hydrogen-bond acceptors (Lipinski definition) is 3. The molecule has 0 unspecified atom stereocenters. The molecule has 2 aromatic rings. The van der Waals surface area contributed by atoms with E-state index in [9.17, 15) is 14.4 Å². The van der Waals surface area contributed by atoms with E-state index in [0.717, 1.165) is 10.5 Å². The number of carbonyl (C=O) groups is 3. The monoisotopic (exact) mass is 299 g/mol. The van der Waals surface area contributed by atoms with E-state index in [0.29, 0.717) is 10.7 Å². The van der Waals surface area contributed by atoms with E-state index in [1.165, 1.54) is 18.2 Å². The normalized spacial score (nSPS) is 14.4. The lowest BCUT2D eigenvalue weighted by Crippen LogP contribution is -2.46. The van der Waals surface area contributed by atoms with E-state index in [1.807, 2.05) is 6.92 Å². The van der Waals surface area contributed by atoms with Crippen LogP contribution in [-0.4, -0.2) is 17.6 Å². The van der Waals surface area contributed by atoms with Crippen LogP contribution in [-0.2, 0) is 4.79 Å². The maximum atomic E-state index is 12.5. The SMILES string of the molecule is Cc1ccc(N2C(=O)C(=O)c3ccccc3C2=O)cc1Cl. The highest BCUT2D eigenvalue weighted by Crippen LogP contribution is 2.28. The molecule has 0 atom stereocenters. The van der Waals surface area contributed by atoms with E-state index >= 15 is 0 Å². The van der Waals surface area contributed by atoms with Crippen molar-refractivity contribution in [3.05, 3.63) is 64.2 Å². The molecule has 0 aliphatic carbocycles. The minimum absolute atomic E-state index is 0.141. The van der Waals surface area contributed by atoms with E-state index in [4.69, 9.17) is 11.6 Å². The second-order valence-corrected chi connectivity index (χ2v) is 5.16. The van der Waals surface area contributed by atoms with Gasteiger partial charge in [-0.15, -0.1) is 0 Å². The van der Waals surface area contributed by atoms with Gasteiger partial charge in [-0.25, -0.2) is 4.90 Å². The molecule has 1 heterocycles. The second kappa shape index (κ2) is 4.82. The fraction of sp³-hybridized carbons (Fsp3) is 0.0625. The number of amides is 2. The Labute approximate surface area is 125 Å². The van der Waals surface area contributed by atoms with Crippen molar-refractivity contribution in [2.75, 3.05) is 4.90 Å². The summed E-state index contributed by atoms with van der Waals surface area (Å²) in [4.78, 5) is 37.7. The van der Waals surface area contributed by atoms with Crippen LogP contribution in [0.2, 0.25) is 5.02 Å². The van der Waals surface area contributed by atoms with Crippen LogP contribution in [0.4, 0.5) is 5.69 Å². The number of ketones is 1. The fourth-order valence-corrected chi connectivity index (χ4v) is 2.43. The number of carbonyl (C=O) groups excluding carboxylic acids is 3. The lowest BCUT2D eigenvalue weighted by molar-refractivity contribution is -0.114. The Morgan fingerprint density at radius 2 is 1.57 bits per heavy atom. The van der Waals surface area contributed by atoms with Crippen LogP contribution in [0.25, 0.3) is 0 Å². The van der Waals surface area contributed by atoms with Gasteiger partial charge in [-0.2, -0.15) is 0 Å². The number of halogens is 1. The number of fused-ring (bicyclic) bond motifs is 1. The molecular formula is C16H10ClNO3. The highest BCUT2D eigenvalue weighted by atomic mass is 35.5. The number of nitrogens with zero attached hydrogens (tertiary/aromatic N) is 1. The fourth-order valence-electron chi connectivity index (χ4n) is 2.25. The Bertz CT molecular complexity index is 798. The molecule has 0 bridgehead atoms. The Balaban J connectivity index is 2.16. The van der Waals surface area contributed by atoms with E-state index in [2.05, 4.69) is 0 Å². The molecule has 104 valence electrons. The van der Waals surface area contributed by atoms with Crippen LogP contribution >= 0.6 is 11.6 Å². The molecule has 0 saturated carbocycles. The van der Waals surface area contributed by atoms with Crippen molar-refractivity contribution in [1.82, 2.24) is 0 Å². The van der Waals surface area contributed by atoms with Crippen molar-refractivity contribution in [2.45, 2.75) is 6.92 Å². The number of Topliss-reactive ketones (excluding diaryl/α,β-unsaturated/α-hetero) is 1. The minimum atomic E-state index is -0.862. The molecule has 0 N–H and O–H groups in total. The predicted molar refractivity (Wildman–Crippen MR) is 78.8 cm³/mol. The number of anilines is 1. The Hall–Kier alpha value is -2.46. The molecule has 2 amide bonds. The van der Waals surface area contributed by atoms with Crippen LogP contribution in [0.1, 0.15) is 26.3 Å². The Kier molecular flexibility index (Phi) is 3.11. The van der Waals surface area contributed by atoms with Gasteiger partial charge in [0, 0.05) is 10.6 Å². The van der Waals surface area contributed by atoms with E-state index in [-0.39, 0.29) is 11.1 Å². The first-order valence-electron chi connectivity index (χ1n) is 6.29. The standard InChI is InChI=1S/C16H10ClNO3/c1-9-6-7-10(8-13(9)17)18-15(20)12-5-3-2-4-11(12)14(19)16(18)21/h2-8H,1H3. The second-order valence-electron chi connectivity index (χ2n) is 4.75. The zero-order valence-corrected chi connectivity index (χ0v) is 11.8. The third-order valence-electron chi connectivity index (χ3n) is 3.42. The summed E-state index contributed by atoms with van der Waals surface area (Å²) >= 11 is 6.03. The molecule has 1 aliphatic rings. The van der Waals surface area contributed by atoms with Crippen molar-refractivity contribution in [3.8, 4) is 0 Å². The Morgan fingerprint density at radius 3 is 2.24 bits per heavy atom. The largest absolute Gasteiger partial charge is 0.306 e. The molecule has 5 heteroatoms. The molecule has 4 nitrogen and oxygen atoms in total. The van der Waals surface area contributed by atoms with E-state index < -0.39 is 17.6 Å². The first-order chi connectivity index (χ1) is 10.0. The first kappa shape index (κ1) is 13.5. The average molecular weight is 300 g/mol. The van der Waals surface area contributed by atoms with Gasteiger partial charge in [0.15, 0.2) is 0 Å². The van der Waals surface area contributed by atoms with Crippen molar-refractivity contribution in [1.29, 1.82) is 0 Å². The molecule has 0 aromatic heterocycles. The maximum Gasteiger partial charge on any atom is 0.306 e. The first-order valence-corrected chi connectivity index (χ1v) is 6.67.